The van der Waals surface area contributed by atoms with Gasteiger partial charge in [0.2, 0.25) is 5.88 Å². The van der Waals surface area contributed by atoms with Gasteiger partial charge in [0, 0.05) is 11.3 Å². The minimum absolute atomic E-state index is 0.281. The molecule has 1 aromatic heterocycles. The van der Waals surface area contributed by atoms with E-state index >= 15 is 0 Å². The van der Waals surface area contributed by atoms with E-state index in [2.05, 4.69) is 22.2 Å². The molecule has 2 heterocycles. The average molecular weight is 268 g/mol. The molecule has 1 aliphatic heterocycles. The molecule has 0 saturated carbocycles. The third-order valence-electron chi connectivity index (χ3n) is 3.06. The Balaban J connectivity index is 2.02. The van der Waals surface area contributed by atoms with Crippen molar-refractivity contribution in [2.45, 2.75) is 31.4 Å². The molecule has 3 N–H and O–H groups in total. The van der Waals surface area contributed by atoms with E-state index in [1.54, 1.807) is 0 Å². The quantitative estimate of drug-likeness (QED) is 0.852. The molecule has 1 aliphatic rings. The molecule has 0 amide bonds. The van der Waals surface area contributed by atoms with Gasteiger partial charge in [0.05, 0.1) is 6.61 Å². The number of anilines is 2. The number of ether oxygens (including phenoxy) is 1. The summed E-state index contributed by atoms with van der Waals surface area (Å²) in [5.74, 6) is 2.36. The van der Waals surface area contributed by atoms with Gasteiger partial charge < -0.3 is 15.8 Å². The second-order valence-electron chi connectivity index (χ2n) is 4.63. The van der Waals surface area contributed by atoms with E-state index in [0.29, 0.717) is 24.0 Å². The second kappa shape index (κ2) is 5.65. The lowest BCUT2D eigenvalue weighted by atomic mass is 10.1. The lowest BCUT2D eigenvalue weighted by molar-refractivity contribution is 0.328. The molecule has 0 aromatic carbocycles. The highest BCUT2D eigenvalue weighted by molar-refractivity contribution is 8.00. The molecule has 0 aliphatic carbocycles. The highest BCUT2D eigenvalue weighted by Crippen LogP contribution is 2.38. The van der Waals surface area contributed by atoms with Crippen molar-refractivity contribution in [3.05, 3.63) is 6.33 Å². The van der Waals surface area contributed by atoms with E-state index in [1.165, 1.54) is 24.9 Å². The van der Waals surface area contributed by atoms with Crippen molar-refractivity contribution in [3.8, 4) is 5.88 Å². The summed E-state index contributed by atoms with van der Waals surface area (Å²) < 4.78 is 5.63. The molecular formula is C12H20N4OS. The zero-order chi connectivity index (χ0) is 13.0. The Labute approximate surface area is 112 Å². The Bertz CT molecular complexity index is 407. The molecular weight excluding hydrogens is 248 g/mol. The lowest BCUT2D eigenvalue weighted by Gasteiger charge is -2.23. The first-order valence-corrected chi connectivity index (χ1v) is 7.24. The van der Waals surface area contributed by atoms with Crippen LogP contribution in [0.25, 0.3) is 0 Å². The number of hydrogen-bond acceptors (Lipinski definition) is 6. The van der Waals surface area contributed by atoms with Gasteiger partial charge in [0.25, 0.3) is 0 Å². The first kappa shape index (κ1) is 13.3. The molecule has 18 heavy (non-hydrogen) atoms. The van der Waals surface area contributed by atoms with Crippen LogP contribution in [0.5, 0.6) is 5.88 Å². The Morgan fingerprint density at radius 2 is 2.39 bits per heavy atom. The van der Waals surface area contributed by atoms with Crippen LogP contribution >= 0.6 is 11.8 Å². The van der Waals surface area contributed by atoms with E-state index in [-0.39, 0.29) is 4.75 Å². The van der Waals surface area contributed by atoms with Gasteiger partial charge in [-0.2, -0.15) is 16.7 Å². The van der Waals surface area contributed by atoms with Gasteiger partial charge in [-0.05, 0) is 32.4 Å². The van der Waals surface area contributed by atoms with Gasteiger partial charge in [0.15, 0.2) is 5.82 Å². The van der Waals surface area contributed by atoms with Crippen molar-refractivity contribution in [1.29, 1.82) is 0 Å². The first-order valence-electron chi connectivity index (χ1n) is 6.26. The van der Waals surface area contributed by atoms with Crippen molar-refractivity contribution in [3.63, 3.8) is 0 Å². The van der Waals surface area contributed by atoms with Gasteiger partial charge in [0.1, 0.15) is 12.0 Å². The van der Waals surface area contributed by atoms with Gasteiger partial charge in [-0.15, -0.1) is 0 Å². The predicted molar refractivity (Wildman–Crippen MR) is 76.2 cm³/mol. The minimum atomic E-state index is 0.281. The van der Waals surface area contributed by atoms with Crippen LogP contribution < -0.4 is 15.8 Å². The number of nitrogen functional groups attached to an aromatic ring is 1. The second-order valence-corrected chi connectivity index (χ2v) is 6.31. The Kier molecular flexibility index (Phi) is 4.16. The van der Waals surface area contributed by atoms with Crippen LogP contribution in [-0.4, -0.2) is 33.6 Å². The largest absolute Gasteiger partial charge is 0.476 e. The normalized spacial score (nSPS) is 23.0. The summed E-state index contributed by atoms with van der Waals surface area (Å²) in [6, 6.07) is 0. The van der Waals surface area contributed by atoms with E-state index in [4.69, 9.17) is 10.5 Å². The van der Waals surface area contributed by atoms with Crippen molar-refractivity contribution in [2.24, 2.45) is 0 Å². The average Bonchev–Trinajstić information content (AvgIpc) is 2.78. The minimum Gasteiger partial charge on any atom is -0.476 e. The number of nitrogens with two attached hydrogens (primary N) is 1. The summed E-state index contributed by atoms with van der Waals surface area (Å²) in [5.41, 5.74) is 6.47. The summed E-state index contributed by atoms with van der Waals surface area (Å²) in [6.07, 6.45) is 3.99. The maximum atomic E-state index is 5.98. The van der Waals surface area contributed by atoms with E-state index < -0.39 is 0 Å². The van der Waals surface area contributed by atoms with Crippen LogP contribution in [0.4, 0.5) is 11.5 Å². The van der Waals surface area contributed by atoms with Crippen molar-refractivity contribution >= 4 is 23.3 Å². The number of aromatic nitrogens is 2. The molecule has 0 radical (unpaired) electrons. The predicted octanol–water partition coefficient (Wildman–Crippen LogP) is 2.16. The van der Waals surface area contributed by atoms with Crippen molar-refractivity contribution in [2.75, 3.05) is 30.0 Å². The fourth-order valence-electron chi connectivity index (χ4n) is 2.02. The number of hydrogen-bond donors (Lipinski definition) is 2. The maximum absolute atomic E-state index is 5.98. The van der Waals surface area contributed by atoms with Crippen LogP contribution in [0.2, 0.25) is 0 Å². The van der Waals surface area contributed by atoms with Crippen molar-refractivity contribution in [1.82, 2.24) is 9.97 Å². The Morgan fingerprint density at radius 3 is 3.06 bits per heavy atom. The van der Waals surface area contributed by atoms with Gasteiger partial charge in [-0.1, -0.05) is 0 Å². The molecule has 100 valence electrons. The number of rotatable bonds is 5. The zero-order valence-electron chi connectivity index (χ0n) is 10.9. The molecule has 2 rings (SSSR count). The lowest BCUT2D eigenvalue weighted by Crippen LogP contribution is -2.27. The first-order chi connectivity index (χ1) is 8.64. The maximum Gasteiger partial charge on any atom is 0.242 e. The van der Waals surface area contributed by atoms with Crippen LogP contribution in [0.3, 0.4) is 0 Å². The monoisotopic (exact) mass is 268 g/mol. The number of nitrogens with one attached hydrogen (secondary N) is 1. The molecule has 1 unspecified atom stereocenters. The van der Waals surface area contributed by atoms with E-state index in [0.717, 1.165) is 6.54 Å². The molecule has 1 saturated heterocycles. The van der Waals surface area contributed by atoms with Crippen LogP contribution in [-0.2, 0) is 0 Å². The highest BCUT2D eigenvalue weighted by atomic mass is 32.2. The van der Waals surface area contributed by atoms with Crippen LogP contribution in [0.1, 0.15) is 26.7 Å². The molecule has 1 fully saturated rings. The van der Waals surface area contributed by atoms with Gasteiger partial charge >= 0.3 is 0 Å². The summed E-state index contributed by atoms with van der Waals surface area (Å²) in [5, 5.41) is 3.32. The third-order valence-corrected chi connectivity index (χ3v) is 4.60. The van der Waals surface area contributed by atoms with Gasteiger partial charge in [-0.3, -0.25) is 0 Å². The molecule has 5 nitrogen and oxygen atoms in total. The third kappa shape index (κ3) is 2.98. The standard InChI is InChI=1S/C12H20N4OS/c1-3-17-11-9(13)10(15-8-16-11)14-7-12(2)5-4-6-18-12/h8H,3-7,13H2,1-2H3,(H,14,15,16). The van der Waals surface area contributed by atoms with Crippen molar-refractivity contribution < 1.29 is 4.74 Å². The molecule has 6 heteroatoms. The zero-order valence-corrected chi connectivity index (χ0v) is 11.7. The van der Waals surface area contributed by atoms with Gasteiger partial charge in [-0.25, -0.2) is 4.98 Å². The number of thioether (sulfide) groups is 1. The Morgan fingerprint density at radius 1 is 1.56 bits per heavy atom. The molecule has 0 bridgehead atoms. The molecule has 1 aromatic rings. The molecule has 0 spiro atoms. The summed E-state index contributed by atoms with van der Waals surface area (Å²) >= 11 is 2.01. The highest BCUT2D eigenvalue weighted by Gasteiger charge is 2.29. The molecule has 1 atom stereocenters. The van der Waals surface area contributed by atoms with E-state index in [9.17, 15) is 0 Å². The Hall–Kier alpha value is -1.17. The smallest absolute Gasteiger partial charge is 0.242 e. The SMILES string of the molecule is CCOc1ncnc(NCC2(C)CCCS2)c1N. The fraction of sp³-hybridized carbons (Fsp3) is 0.667. The van der Waals surface area contributed by atoms with Crippen LogP contribution in [0.15, 0.2) is 6.33 Å². The topological polar surface area (TPSA) is 73.1 Å². The van der Waals surface area contributed by atoms with Crippen LogP contribution in [0, 0.1) is 0 Å². The summed E-state index contributed by atoms with van der Waals surface area (Å²) in [6.45, 7) is 5.60. The summed E-state index contributed by atoms with van der Waals surface area (Å²) in [4.78, 5) is 8.20. The van der Waals surface area contributed by atoms with E-state index in [1.807, 2.05) is 18.7 Å². The summed E-state index contributed by atoms with van der Waals surface area (Å²) in [7, 11) is 0. The fourth-order valence-corrected chi connectivity index (χ4v) is 3.26. The number of nitrogens with zero attached hydrogens (tertiary/aromatic N) is 2.